The van der Waals surface area contributed by atoms with Crippen LogP contribution in [0, 0.1) is 11.3 Å². The summed E-state index contributed by atoms with van der Waals surface area (Å²) in [7, 11) is -3.80. The van der Waals surface area contributed by atoms with Crippen LogP contribution in [0.1, 0.15) is 74.1 Å². The molecule has 190 valence electrons. The maximum atomic E-state index is 13.3. The van der Waals surface area contributed by atoms with Crippen molar-refractivity contribution in [1.29, 1.82) is 0 Å². The van der Waals surface area contributed by atoms with Crippen LogP contribution in [0.3, 0.4) is 0 Å². The molecule has 36 heavy (non-hydrogen) atoms. The molecule has 0 bridgehead atoms. The van der Waals surface area contributed by atoms with Gasteiger partial charge in [-0.15, -0.1) is 0 Å². The fourth-order valence-corrected chi connectivity index (χ4v) is 19.0. The maximum absolute atomic E-state index is 13.3. The summed E-state index contributed by atoms with van der Waals surface area (Å²) in [5.41, 5.74) is 1.10. The Balaban J connectivity index is 1.77. The summed E-state index contributed by atoms with van der Waals surface area (Å²) < 4.78 is 9.60. The van der Waals surface area contributed by atoms with Gasteiger partial charge in [0.2, 0.25) is 5.91 Å². The fourth-order valence-electron chi connectivity index (χ4n) is 8.05. The minimum absolute atomic E-state index is 0.0690. The molecule has 1 saturated carbocycles. The first-order valence-electron chi connectivity index (χ1n) is 13.5. The third-order valence-electron chi connectivity index (χ3n) is 9.14. The van der Waals surface area contributed by atoms with Crippen molar-refractivity contribution in [2.24, 2.45) is 16.4 Å². The molecule has 3 heterocycles. The molecule has 0 radical (unpaired) electrons. The zero-order chi connectivity index (χ0) is 25.7. The molecule has 5 atom stereocenters. The number of carbonyl (C=O) groups excluding carboxylic acids is 1. The van der Waals surface area contributed by atoms with Gasteiger partial charge in [-0.05, 0) is 29.5 Å². The molecule has 6 heteroatoms. The van der Waals surface area contributed by atoms with Crippen LogP contribution < -0.4 is 5.19 Å². The Labute approximate surface area is 218 Å². The van der Waals surface area contributed by atoms with Crippen LogP contribution >= 0.6 is 8.07 Å². The van der Waals surface area contributed by atoms with Gasteiger partial charge in [0.15, 0.2) is 0 Å². The number of hydrazone groups is 1. The van der Waals surface area contributed by atoms with Crippen LogP contribution in [-0.4, -0.2) is 29.9 Å². The van der Waals surface area contributed by atoms with Crippen LogP contribution in [0.25, 0.3) is 0 Å². The van der Waals surface area contributed by atoms with Crippen molar-refractivity contribution >= 4 is 33.2 Å². The van der Waals surface area contributed by atoms with E-state index in [1.54, 1.807) is 6.92 Å². The summed E-state index contributed by atoms with van der Waals surface area (Å²) >= 11 is 0. The highest BCUT2D eigenvalue weighted by atomic mass is 31.1. The van der Waals surface area contributed by atoms with Crippen molar-refractivity contribution in [3.8, 4) is 0 Å². The maximum Gasteiger partial charge on any atom is 0.302 e. The molecule has 2 aliphatic carbocycles. The molecule has 3 aliphatic heterocycles. The smallest absolute Gasteiger partial charge is 0.302 e. The van der Waals surface area contributed by atoms with Crippen molar-refractivity contribution in [3.63, 3.8) is 0 Å². The first kappa shape index (κ1) is 24.4. The number of benzene rings is 1. The molecule has 1 saturated heterocycles. The number of hydrogen-bond donors (Lipinski definition) is 0. The molecule has 1 amide bonds. The molecule has 2 fully saturated rings. The Morgan fingerprint density at radius 1 is 1.11 bits per heavy atom. The third-order valence-corrected chi connectivity index (χ3v) is 18.3. The van der Waals surface area contributed by atoms with Gasteiger partial charge in [0.1, 0.15) is 0 Å². The first-order valence-corrected chi connectivity index (χ1v) is 16.7. The molecule has 1 unspecified atom stereocenters. The Morgan fingerprint density at radius 3 is 2.47 bits per heavy atom. The van der Waals surface area contributed by atoms with Gasteiger partial charge in [-0.3, -0.25) is 4.79 Å². The highest BCUT2D eigenvalue weighted by Crippen LogP contribution is 2.89. The lowest BCUT2D eigenvalue weighted by Gasteiger charge is -2.53. The summed E-state index contributed by atoms with van der Waals surface area (Å²) in [6, 6.07) is 11.1. The van der Waals surface area contributed by atoms with E-state index in [0.717, 1.165) is 25.0 Å². The largest absolute Gasteiger partial charge is 0.540 e. The van der Waals surface area contributed by atoms with E-state index in [9.17, 15) is 4.79 Å². The normalized spacial score (nSPS) is 36.8. The van der Waals surface area contributed by atoms with Gasteiger partial charge < -0.3 is 4.43 Å². The van der Waals surface area contributed by atoms with E-state index >= 15 is 0 Å². The Hall–Kier alpha value is -1.97. The van der Waals surface area contributed by atoms with Gasteiger partial charge in [-0.2, -0.15) is 5.10 Å². The Kier molecular flexibility index (Phi) is 5.10. The SMILES string of the molecule is CC(=O)N1N=C2CCCC[C@@]23[C@H]2C=CC=C[C@@]24C(=C(C(C)(C)C)O[Si@@]4(c2ccccc2)C(C)(C)C)P13. The van der Waals surface area contributed by atoms with E-state index in [-0.39, 0.29) is 32.5 Å². The van der Waals surface area contributed by atoms with Crippen LogP contribution in [0.2, 0.25) is 10.1 Å². The number of allylic oxidation sites excluding steroid dienone is 6. The molecule has 6 rings (SSSR count). The lowest BCUT2D eigenvalue weighted by atomic mass is 9.70. The minimum Gasteiger partial charge on any atom is -0.540 e. The number of rotatable bonds is 1. The molecule has 0 N–H and O–H groups in total. The molecular weight excluding hydrogens is 479 g/mol. The number of carbonyl (C=O) groups is 1. The quantitative estimate of drug-likeness (QED) is 0.288. The number of hydrogen-bond acceptors (Lipinski definition) is 3. The monoisotopic (exact) mass is 518 g/mol. The van der Waals surface area contributed by atoms with Crippen LogP contribution in [0.15, 0.2) is 70.8 Å². The van der Waals surface area contributed by atoms with E-state index in [0.29, 0.717) is 0 Å². The van der Waals surface area contributed by atoms with Crippen LogP contribution in [-0.2, 0) is 9.22 Å². The summed E-state index contributed by atoms with van der Waals surface area (Å²) in [5.74, 6) is 1.46. The van der Waals surface area contributed by atoms with E-state index in [1.165, 1.54) is 22.6 Å². The average Bonchev–Trinajstić information content (AvgIpc) is 3.39. The topological polar surface area (TPSA) is 41.9 Å². The average molecular weight is 519 g/mol. The van der Waals surface area contributed by atoms with Gasteiger partial charge in [-0.25, -0.2) is 4.78 Å². The van der Waals surface area contributed by atoms with E-state index in [4.69, 9.17) is 9.53 Å². The molecule has 0 aromatic heterocycles. The van der Waals surface area contributed by atoms with E-state index < -0.39 is 16.4 Å². The van der Waals surface area contributed by atoms with E-state index in [1.807, 2.05) is 4.78 Å². The van der Waals surface area contributed by atoms with E-state index in [2.05, 4.69) is 96.2 Å². The van der Waals surface area contributed by atoms with Gasteiger partial charge in [0.25, 0.3) is 0 Å². The highest BCUT2D eigenvalue weighted by Gasteiger charge is 2.83. The zero-order valence-electron chi connectivity index (χ0n) is 22.8. The Bertz CT molecular complexity index is 1250. The second kappa shape index (κ2) is 7.54. The van der Waals surface area contributed by atoms with Crippen molar-refractivity contribution in [3.05, 3.63) is 65.7 Å². The molecular formula is C30H39N2O2PSi. The fraction of sp³-hybridized carbons (Fsp3) is 0.533. The van der Waals surface area contributed by atoms with Crippen molar-refractivity contribution < 1.29 is 9.22 Å². The zero-order valence-corrected chi connectivity index (χ0v) is 24.7. The standard InChI is InChI=1S/C30H39N2O2PSi/c1-21(33)32-31-24-18-12-13-19-29(24)23-17-11-14-20-30(23)26(35(29)32)25(27(2,3)4)34-36(30,28(5,6)7)22-15-9-8-10-16-22/h8-11,14-17,20,23H,12-13,18-19H2,1-7H3/t23-,29-,30+,35?,36+/m1/s1. The number of nitrogens with zero attached hydrogens (tertiary/aromatic N) is 2. The molecule has 1 aromatic carbocycles. The Morgan fingerprint density at radius 2 is 1.83 bits per heavy atom. The molecule has 4 nitrogen and oxygen atoms in total. The highest BCUT2D eigenvalue weighted by molar-refractivity contribution is 7.64. The summed E-state index contributed by atoms with van der Waals surface area (Å²) in [6.45, 7) is 15.7. The minimum atomic E-state index is -2.80. The van der Waals surface area contributed by atoms with Gasteiger partial charge in [0.05, 0.1) is 29.7 Å². The number of amides is 1. The van der Waals surface area contributed by atoms with Gasteiger partial charge in [-0.1, -0.05) is 103 Å². The van der Waals surface area contributed by atoms with Crippen molar-refractivity contribution in [2.45, 2.75) is 89.4 Å². The second-order valence-electron chi connectivity index (χ2n) is 13.2. The van der Waals surface area contributed by atoms with Gasteiger partial charge in [0, 0.05) is 23.6 Å². The van der Waals surface area contributed by atoms with Crippen molar-refractivity contribution in [1.82, 2.24) is 4.78 Å². The predicted molar refractivity (Wildman–Crippen MR) is 152 cm³/mol. The lowest BCUT2D eigenvalue weighted by Crippen LogP contribution is -2.66. The third kappa shape index (κ3) is 2.69. The first-order chi connectivity index (χ1) is 16.9. The summed E-state index contributed by atoms with van der Waals surface area (Å²) in [4.78, 5) is 13.3. The molecule has 2 spiro atoms. The predicted octanol–water partition coefficient (Wildman–Crippen LogP) is 7.35. The molecule has 5 aliphatic rings. The van der Waals surface area contributed by atoms with Gasteiger partial charge >= 0.3 is 8.32 Å². The summed E-state index contributed by atoms with van der Waals surface area (Å²) in [5, 5.41) is 7.48. The van der Waals surface area contributed by atoms with Crippen molar-refractivity contribution in [2.75, 3.05) is 0 Å². The summed E-state index contributed by atoms with van der Waals surface area (Å²) in [6.07, 6.45) is 14.0. The van der Waals surface area contributed by atoms with Crippen LogP contribution in [0.4, 0.5) is 0 Å². The lowest BCUT2D eigenvalue weighted by molar-refractivity contribution is -0.124. The molecule has 1 aromatic rings. The second-order valence-corrected chi connectivity index (χ2v) is 19.9. The number of fused-ring (bicyclic) bond motifs is 1. The van der Waals surface area contributed by atoms with Crippen LogP contribution in [0.5, 0.6) is 0 Å².